The van der Waals surface area contributed by atoms with Gasteiger partial charge in [0.15, 0.2) is 15.6 Å². The Morgan fingerprint density at radius 1 is 0.914 bits per heavy atom. The molecule has 35 heavy (non-hydrogen) atoms. The van der Waals surface area contributed by atoms with Gasteiger partial charge in [-0.25, -0.2) is 17.2 Å². The Hall–Kier alpha value is -2.29. The third kappa shape index (κ3) is 5.93. The summed E-state index contributed by atoms with van der Waals surface area (Å²) in [6, 6.07) is 9.07. The summed E-state index contributed by atoms with van der Waals surface area (Å²) in [5.74, 6) is -3.28. The maximum Gasteiger partial charge on any atom is 0.416 e. The fourth-order valence-electron chi connectivity index (χ4n) is 4.54. The molecule has 9 heteroatoms. The first-order valence-corrected chi connectivity index (χ1v) is 12.9. The first-order chi connectivity index (χ1) is 16.0. The minimum Gasteiger partial charge on any atom is -0.294 e. The summed E-state index contributed by atoms with van der Waals surface area (Å²) in [5.41, 5.74) is -0.919. The van der Waals surface area contributed by atoms with E-state index in [0.717, 1.165) is 25.1 Å². The van der Waals surface area contributed by atoms with Gasteiger partial charge in [-0.05, 0) is 75.6 Å². The van der Waals surface area contributed by atoms with Crippen molar-refractivity contribution in [3.63, 3.8) is 0 Å². The second-order valence-electron chi connectivity index (χ2n) is 9.95. The lowest BCUT2D eigenvalue weighted by Crippen LogP contribution is -2.46. The number of hydrogen-bond acceptors (Lipinski definition) is 3. The number of ketones is 1. The van der Waals surface area contributed by atoms with Gasteiger partial charge in [-0.3, -0.25) is 4.79 Å². The van der Waals surface area contributed by atoms with Crippen molar-refractivity contribution in [3.8, 4) is 0 Å². The number of alkyl halides is 5. The number of carbonyl (C=O) groups is 1. The van der Waals surface area contributed by atoms with Crippen LogP contribution in [0.15, 0.2) is 53.4 Å². The Kier molecular flexibility index (Phi) is 7.52. The summed E-state index contributed by atoms with van der Waals surface area (Å²) in [4.78, 5) is 12.2. The van der Waals surface area contributed by atoms with E-state index in [1.165, 1.54) is 30.3 Å². The molecule has 1 aliphatic carbocycles. The molecular formula is C26H29F5O3S. The van der Waals surface area contributed by atoms with Crippen LogP contribution in [0.25, 0.3) is 0 Å². The molecule has 3 nitrogen and oxygen atoms in total. The van der Waals surface area contributed by atoms with Crippen LogP contribution >= 0.6 is 0 Å². The summed E-state index contributed by atoms with van der Waals surface area (Å²) in [6.45, 7) is 3.96. The van der Waals surface area contributed by atoms with Gasteiger partial charge in [-0.1, -0.05) is 24.3 Å². The van der Waals surface area contributed by atoms with Gasteiger partial charge < -0.3 is 0 Å². The molecule has 0 N–H and O–H groups in total. The molecule has 0 atom stereocenters. The molecule has 192 valence electrons. The summed E-state index contributed by atoms with van der Waals surface area (Å²) in [5, 5.41) is 0. The maximum absolute atomic E-state index is 13.7. The van der Waals surface area contributed by atoms with Crippen LogP contribution in [0.3, 0.4) is 0 Å². The van der Waals surface area contributed by atoms with E-state index in [1.54, 1.807) is 13.8 Å². The number of halogens is 5. The Bertz CT molecular complexity index is 1160. The Morgan fingerprint density at radius 3 is 2.06 bits per heavy atom. The largest absolute Gasteiger partial charge is 0.416 e. The molecule has 0 spiro atoms. The minimum absolute atomic E-state index is 0.118. The summed E-state index contributed by atoms with van der Waals surface area (Å²) < 4.78 is 90.7. The van der Waals surface area contributed by atoms with Crippen molar-refractivity contribution in [3.05, 3.63) is 65.2 Å². The van der Waals surface area contributed by atoms with Crippen molar-refractivity contribution >= 4 is 15.6 Å². The van der Waals surface area contributed by atoms with Gasteiger partial charge in [0.1, 0.15) is 0 Å². The molecule has 0 heterocycles. The lowest BCUT2D eigenvalue weighted by Gasteiger charge is -2.45. The third-order valence-electron chi connectivity index (χ3n) is 7.11. The van der Waals surface area contributed by atoms with Crippen LogP contribution in [0, 0.1) is 11.8 Å². The molecule has 1 aliphatic rings. The van der Waals surface area contributed by atoms with Crippen molar-refractivity contribution < 1.29 is 35.2 Å². The van der Waals surface area contributed by atoms with Gasteiger partial charge in [0.2, 0.25) is 0 Å². The summed E-state index contributed by atoms with van der Waals surface area (Å²) in [7, 11) is -3.86. The van der Waals surface area contributed by atoms with E-state index in [4.69, 9.17) is 0 Å². The number of Topliss-reactive ketones (excluding diaryl/α,β-unsaturated/α-hetero) is 1. The number of sulfone groups is 1. The van der Waals surface area contributed by atoms with E-state index in [0.29, 0.717) is 25.7 Å². The lowest BCUT2D eigenvalue weighted by atomic mass is 9.67. The van der Waals surface area contributed by atoms with E-state index < -0.39 is 32.2 Å². The zero-order valence-electron chi connectivity index (χ0n) is 19.8. The van der Waals surface area contributed by atoms with Crippen LogP contribution < -0.4 is 0 Å². The fourth-order valence-corrected chi connectivity index (χ4v) is 6.32. The molecule has 0 unspecified atom stereocenters. The molecule has 2 aromatic carbocycles. The first kappa shape index (κ1) is 27.3. The molecule has 0 amide bonds. The standard InChI is InChI=1S/C26H29F5O3S/c1-24(2,35(33,34)22-8-5-7-20(16-22)25(3,27)28)21-14-17(15-21)6-4-9-23(32)18-10-12-19(13-11-18)26(29,30)31/h5,7-8,10-13,16-17,21H,4,6,9,14-15H2,1-3H3. The molecule has 0 aromatic heterocycles. The van der Waals surface area contributed by atoms with Gasteiger partial charge in [0.05, 0.1) is 15.2 Å². The van der Waals surface area contributed by atoms with Crippen LogP contribution in [0.4, 0.5) is 22.0 Å². The first-order valence-electron chi connectivity index (χ1n) is 11.5. The minimum atomic E-state index is -4.45. The predicted octanol–water partition coefficient (Wildman–Crippen LogP) is 7.45. The van der Waals surface area contributed by atoms with E-state index in [-0.39, 0.29) is 40.1 Å². The fraction of sp³-hybridized carbons (Fsp3) is 0.500. The van der Waals surface area contributed by atoms with E-state index in [1.807, 2.05) is 0 Å². The number of rotatable bonds is 9. The second-order valence-corrected chi connectivity index (χ2v) is 12.5. The second kappa shape index (κ2) is 9.64. The van der Waals surface area contributed by atoms with Crippen molar-refractivity contribution in [2.75, 3.05) is 0 Å². The average Bonchev–Trinajstić information content (AvgIpc) is 2.73. The van der Waals surface area contributed by atoms with Crippen molar-refractivity contribution in [1.29, 1.82) is 0 Å². The van der Waals surface area contributed by atoms with Crippen molar-refractivity contribution in [2.45, 2.75) is 74.6 Å². The van der Waals surface area contributed by atoms with Crippen molar-refractivity contribution in [2.24, 2.45) is 11.8 Å². The summed E-state index contributed by atoms with van der Waals surface area (Å²) >= 11 is 0. The van der Waals surface area contributed by atoms with Gasteiger partial charge in [-0.2, -0.15) is 13.2 Å². The number of hydrogen-bond donors (Lipinski definition) is 0. The molecule has 0 saturated heterocycles. The van der Waals surface area contributed by atoms with Gasteiger partial charge >= 0.3 is 6.18 Å². The normalized spacial score (nSPS) is 19.3. The maximum atomic E-state index is 13.7. The molecule has 1 fully saturated rings. The van der Waals surface area contributed by atoms with E-state index in [9.17, 15) is 35.2 Å². The highest BCUT2D eigenvalue weighted by Gasteiger charge is 2.48. The van der Waals surface area contributed by atoms with Crippen LogP contribution in [0.5, 0.6) is 0 Å². The van der Waals surface area contributed by atoms with Gasteiger partial charge in [0, 0.05) is 24.5 Å². The zero-order chi connectivity index (χ0) is 26.2. The molecule has 0 bridgehead atoms. The lowest BCUT2D eigenvalue weighted by molar-refractivity contribution is -0.137. The molecule has 3 rings (SSSR count). The monoisotopic (exact) mass is 516 g/mol. The quantitative estimate of drug-likeness (QED) is 0.257. The smallest absolute Gasteiger partial charge is 0.294 e. The van der Waals surface area contributed by atoms with Crippen LogP contribution in [0.2, 0.25) is 0 Å². The number of benzene rings is 2. The van der Waals surface area contributed by atoms with Crippen LogP contribution in [-0.4, -0.2) is 18.9 Å². The highest BCUT2D eigenvalue weighted by atomic mass is 32.2. The molecule has 0 radical (unpaired) electrons. The Balaban J connectivity index is 1.53. The predicted molar refractivity (Wildman–Crippen MR) is 123 cm³/mol. The van der Waals surface area contributed by atoms with E-state index >= 15 is 0 Å². The topological polar surface area (TPSA) is 51.2 Å². The Labute approximate surface area is 202 Å². The van der Waals surface area contributed by atoms with Crippen molar-refractivity contribution in [1.82, 2.24) is 0 Å². The van der Waals surface area contributed by atoms with Gasteiger partial charge in [0.25, 0.3) is 5.92 Å². The highest BCUT2D eigenvalue weighted by Crippen LogP contribution is 2.48. The van der Waals surface area contributed by atoms with Crippen LogP contribution in [-0.2, 0) is 21.9 Å². The summed E-state index contributed by atoms with van der Waals surface area (Å²) in [6.07, 6.45) is -1.71. The zero-order valence-corrected chi connectivity index (χ0v) is 20.6. The van der Waals surface area contributed by atoms with Gasteiger partial charge in [-0.15, -0.1) is 0 Å². The van der Waals surface area contributed by atoms with E-state index in [2.05, 4.69) is 0 Å². The molecule has 1 saturated carbocycles. The molecule has 2 aromatic rings. The third-order valence-corrected chi connectivity index (χ3v) is 9.71. The average molecular weight is 517 g/mol. The highest BCUT2D eigenvalue weighted by molar-refractivity contribution is 7.92. The SMILES string of the molecule is CC(F)(F)c1cccc(S(=O)(=O)C(C)(C)C2CC(CCCC(=O)c3ccc(C(F)(F)F)cc3)C2)c1. The Morgan fingerprint density at radius 2 is 1.51 bits per heavy atom. The number of carbonyl (C=O) groups excluding carboxylic acids is 1. The van der Waals surface area contributed by atoms with Crippen LogP contribution in [0.1, 0.15) is 74.4 Å². The molecule has 0 aliphatic heterocycles. The molecular weight excluding hydrogens is 487 g/mol.